The van der Waals surface area contributed by atoms with E-state index in [0.29, 0.717) is 10.7 Å². The van der Waals surface area contributed by atoms with Crippen molar-refractivity contribution in [2.24, 2.45) is 0 Å². The summed E-state index contributed by atoms with van der Waals surface area (Å²) in [6.07, 6.45) is -0.0855. The second kappa shape index (κ2) is 4.72. The molecule has 0 spiro atoms. The molecule has 0 aliphatic carbocycles. The number of carbonyl (C=O) groups is 1. The van der Waals surface area contributed by atoms with Crippen LogP contribution < -0.4 is 4.90 Å². The number of benzene rings is 1. The average Bonchev–Trinajstić information content (AvgIpc) is 2.64. The highest BCUT2D eigenvalue weighted by Crippen LogP contribution is 2.30. The van der Waals surface area contributed by atoms with Gasteiger partial charge >= 0.3 is 0 Å². The van der Waals surface area contributed by atoms with Gasteiger partial charge in [0.25, 0.3) is 0 Å². The van der Waals surface area contributed by atoms with Gasteiger partial charge in [-0.15, -0.1) is 0 Å². The smallest absolute Gasteiger partial charge is 0.237 e. The molecule has 0 radical (unpaired) electrons. The van der Waals surface area contributed by atoms with Crippen molar-refractivity contribution < 1.29 is 13.2 Å². The number of rotatable bonds is 2. The van der Waals surface area contributed by atoms with Crippen LogP contribution in [0.3, 0.4) is 0 Å². The van der Waals surface area contributed by atoms with Crippen molar-refractivity contribution in [3.63, 3.8) is 0 Å². The maximum atomic E-state index is 11.9. The molecule has 1 atom stereocenters. The van der Waals surface area contributed by atoms with E-state index in [4.69, 9.17) is 22.3 Å². The van der Waals surface area contributed by atoms with Crippen LogP contribution in [0.1, 0.15) is 12.0 Å². The molecular formula is C11H11Cl2NO3S. The van der Waals surface area contributed by atoms with Crippen molar-refractivity contribution in [2.75, 3.05) is 11.4 Å². The van der Waals surface area contributed by atoms with Gasteiger partial charge in [0.2, 0.25) is 15.0 Å². The van der Waals surface area contributed by atoms with E-state index < -0.39 is 14.3 Å². The highest BCUT2D eigenvalue weighted by atomic mass is 35.7. The Bertz CT molecular complexity index is 600. The van der Waals surface area contributed by atoms with Crippen LogP contribution in [0.15, 0.2) is 18.2 Å². The lowest BCUT2D eigenvalue weighted by atomic mass is 10.2. The van der Waals surface area contributed by atoms with Gasteiger partial charge in [-0.05, 0) is 24.6 Å². The minimum Gasteiger partial charge on any atom is -0.311 e. The van der Waals surface area contributed by atoms with Crippen molar-refractivity contribution in [1.29, 1.82) is 0 Å². The molecule has 1 saturated heterocycles. The van der Waals surface area contributed by atoms with Crippen LogP contribution in [0.2, 0.25) is 5.02 Å². The summed E-state index contributed by atoms with van der Waals surface area (Å²) in [7, 11) is 1.57. The molecule has 18 heavy (non-hydrogen) atoms. The first-order chi connectivity index (χ1) is 8.29. The van der Waals surface area contributed by atoms with E-state index in [2.05, 4.69) is 0 Å². The first-order valence-electron chi connectivity index (χ1n) is 5.29. The Morgan fingerprint density at radius 2 is 2.06 bits per heavy atom. The summed E-state index contributed by atoms with van der Waals surface area (Å²) in [5.41, 5.74) is 1.50. The predicted octanol–water partition coefficient (Wildman–Crippen LogP) is 2.32. The molecule has 1 heterocycles. The van der Waals surface area contributed by atoms with E-state index in [-0.39, 0.29) is 18.9 Å². The van der Waals surface area contributed by atoms with Crippen LogP contribution >= 0.6 is 22.3 Å². The molecule has 98 valence electrons. The fraction of sp³-hybridized carbons (Fsp3) is 0.364. The number of carbonyl (C=O) groups excluding carboxylic acids is 1. The van der Waals surface area contributed by atoms with E-state index in [1.807, 2.05) is 6.92 Å². The summed E-state index contributed by atoms with van der Waals surface area (Å²) < 4.78 is 22.5. The van der Waals surface area contributed by atoms with Gasteiger partial charge in [-0.25, -0.2) is 8.42 Å². The van der Waals surface area contributed by atoms with E-state index in [1.54, 1.807) is 18.2 Å². The lowest BCUT2D eigenvalue weighted by molar-refractivity contribution is -0.117. The lowest BCUT2D eigenvalue weighted by Gasteiger charge is -2.18. The average molecular weight is 308 g/mol. The standard InChI is InChI=1S/C11H11Cl2NO3S/c1-7-2-3-8(12)4-10(7)14-6-9(5-11(14)15)18(13,16)17/h2-4,9H,5-6H2,1H3. The summed E-state index contributed by atoms with van der Waals surface area (Å²) in [5, 5.41) is -0.356. The maximum Gasteiger partial charge on any atom is 0.237 e. The Morgan fingerprint density at radius 1 is 1.39 bits per heavy atom. The van der Waals surface area contributed by atoms with Crippen LogP contribution in [0.5, 0.6) is 0 Å². The monoisotopic (exact) mass is 307 g/mol. The minimum absolute atomic E-state index is 0.0752. The van der Waals surface area contributed by atoms with Gasteiger partial charge in [0.05, 0.1) is 0 Å². The molecule has 1 aromatic rings. The molecule has 1 aliphatic rings. The van der Waals surface area contributed by atoms with Gasteiger partial charge in [0, 0.05) is 34.4 Å². The van der Waals surface area contributed by atoms with Crippen molar-refractivity contribution >= 4 is 42.9 Å². The fourth-order valence-corrected chi connectivity index (χ4v) is 3.16. The number of aryl methyl sites for hydroxylation is 1. The summed E-state index contributed by atoms with van der Waals surface area (Å²) in [5.74, 6) is -0.255. The summed E-state index contributed by atoms with van der Waals surface area (Å²) in [6.45, 7) is 1.91. The number of nitrogens with zero attached hydrogens (tertiary/aromatic N) is 1. The second-order valence-electron chi connectivity index (χ2n) is 4.24. The first-order valence-corrected chi connectivity index (χ1v) is 8.04. The topological polar surface area (TPSA) is 54.5 Å². The third-order valence-corrected chi connectivity index (χ3v) is 5.05. The van der Waals surface area contributed by atoms with Gasteiger partial charge in [0.1, 0.15) is 5.25 Å². The van der Waals surface area contributed by atoms with E-state index in [1.165, 1.54) is 4.90 Å². The van der Waals surface area contributed by atoms with E-state index in [0.717, 1.165) is 5.56 Å². The van der Waals surface area contributed by atoms with Crippen LogP contribution in [0, 0.1) is 6.92 Å². The Balaban J connectivity index is 2.35. The molecular weight excluding hydrogens is 297 g/mol. The van der Waals surface area contributed by atoms with Gasteiger partial charge in [0.15, 0.2) is 0 Å². The van der Waals surface area contributed by atoms with Crippen molar-refractivity contribution in [3.05, 3.63) is 28.8 Å². The van der Waals surface area contributed by atoms with E-state index >= 15 is 0 Å². The van der Waals surface area contributed by atoms with Gasteiger partial charge in [-0.1, -0.05) is 17.7 Å². The van der Waals surface area contributed by atoms with Crippen molar-refractivity contribution in [3.8, 4) is 0 Å². The quantitative estimate of drug-likeness (QED) is 0.788. The number of anilines is 1. The lowest BCUT2D eigenvalue weighted by Crippen LogP contribution is -2.27. The third kappa shape index (κ3) is 2.63. The SMILES string of the molecule is Cc1ccc(Cl)cc1N1CC(S(=O)(=O)Cl)CC1=O. The molecule has 0 bridgehead atoms. The normalized spacial score (nSPS) is 20.5. The van der Waals surface area contributed by atoms with Crippen LogP contribution in [0.4, 0.5) is 5.69 Å². The summed E-state index contributed by atoms with van der Waals surface area (Å²) in [4.78, 5) is 13.3. The minimum atomic E-state index is -3.72. The Hall–Kier alpha value is -0.780. The Morgan fingerprint density at radius 3 is 2.61 bits per heavy atom. The molecule has 1 amide bonds. The highest BCUT2D eigenvalue weighted by molar-refractivity contribution is 8.14. The molecule has 4 nitrogen and oxygen atoms in total. The number of hydrogen-bond acceptors (Lipinski definition) is 3. The van der Waals surface area contributed by atoms with Crippen LogP contribution in [-0.2, 0) is 13.8 Å². The zero-order chi connectivity index (χ0) is 13.5. The van der Waals surface area contributed by atoms with E-state index in [9.17, 15) is 13.2 Å². The molecule has 1 aromatic carbocycles. The first kappa shape index (κ1) is 13.6. The molecule has 0 aromatic heterocycles. The zero-order valence-corrected chi connectivity index (χ0v) is 11.9. The number of halogens is 2. The highest BCUT2D eigenvalue weighted by Gasteiger charge is 2.38. The predicted molar refractivity (Wildman–Crippen MR) is 71.7 cm³/mol. The molecule has 1 aliphatic heterocycles. The zero-order valence-electron chi connectivity index (χ0n) is 9.56. The molecule has 7 heteroatoms. The van der Waals surface area contributed by atoms with Gasteiger partial charge < -0.3 is 4.90 Å². The summed E-state index contributed by atoms with van der Waals surface area (Å²) >= 11 is 5.89. The number of hydrogen-bond donors (Lipinski definition) is 0. The molecule has 1 fully saturated rings. The van der Waals surface area contributed by atoms with Gasteiger partial charge in [-0.2, -0.15) is 0 Å². The molecule has 1 unspecified atom stereocenters. The molecule has 2 rings (SSSR count). The molecule has 0 N–H and O–H groups in total. The molecule has 0 saturated carbocycles. The second-order valence-corrected chi connectivity index (χ2v) is 7.58. The van der Waals surface area contributed by atoms with Gasteiger partial charge in [-0.3, -0.25) is 4.79 Å². The van der Waals surface area contributed by atoms with Crippen LogP contribution in [0.25, 0.3) is 0 Å². The Kier molecular flexibility index (Phi) is 3.58. The van der Waals surface area contributed by atoms with Crippen molar-refractivity contribution in [2.45, 2.75) is 18.6 Å². The summed E-state index contributed by atoms with van der Waals surface area (Å²) in [6, 6.07) is 5.15. The number of amides is 1. The largest absolute Gasteiger partial charge is 0.311 e. The third-order valence-electron chi connectivity index (χ3n) is 2.95. The van der Waals surface area contributed by atoms with Crippen LogP contribution in [-0.4, -0.2) is 26.1 Å². The maximum absolute atomic E-state index is 11.9. The van der Waals surface area contributed by atoms with Crippen molar-refractivity contribution in [1.82, 2.24) is 0 Å². The fourth-order valence-electron chi connectivity index (χ4n) is 1.97. The Labute approximate surface area is 115 Å².